The summed E-state index contributed by atoms with van der Waals surface area (Å²) in [4.78, 5) is 11.9. The molecular weight excluding hydrogens is 254 g/mol. The fraction of sp³-hybridized carbons (Fsp3) is 0.909. The number of hydrogen-bond donors (Lipinski definition) is 2. The average molecular weight is 275 g/mol. The van der Waals surface area contributed by atoms with Crippen molar-refractivity contribution in [2.45, 2.75) is 32.1 Å². The third kappa shape index (κ3) is 3.43. The maximum atomic E-state index is 11.9. The second-order valence-corrected chi connectivity index (χ2v) is 6.81. The number of nitrogens with zero attached hydrogens (tertiary/aromatic N) is 1. The van der Waals surface area contributed by atoms with Crippen molar-refractivity contribution in [3.8, 4) is 0 Å². The van der Waals surface area contributed by atoms with Crippen LogP contribution in [0.4, 0.5) is 0 Å². The molecule has 6 nitrogen and oxygen atoms in total. The third-order valence-electron chi connectivity index (χ3n) is 3.97. The van der Waals surface area contributed by atoms with Crippen LogP contribution < -0.4 is 10.5 Å². The van der Waals surface area contributed by atoms with E-state index in [1.807, 2.05) is 0 Å². The Kier molecular flexibility index (Phi) is 4.24. The van der Waals surface area contributed by atoms with Gasteiger partial charge in [0.25, 0.3) is 10.2 Å². The van der Waals surface area contributed by atoms with Gasteiger partial charge in [0.1, 0.15) is 0 Å². The Morgan fingerprint density at radius 1 is 1.22 bits per heavy atom. The van der Waals surface area contributed by atoms with Gasteiger partial charge in [-0.05, 0) is 31.6 Å². The van der Waals surface area contributed by atoms with Gasteiger partial charge in [-0.2, -0.15) is 12.7 Å². The Bertz CT molecular complexity index is 398. The normalized spacial score (nSPS) is 23.6. The number of carbonyl (C=O) groups excluding carboxylic acids is 1. The lowest BCUT2D eigenvalue weighted by Gasteiger charge is -2.30. The van der Waals surface area contributed by atoms with Crippen LogP contribution in [-0.4, -0.2) is 38.3 Å². The lowest BCUT2D eigenvalue weighted by atomic mass is 9.85. The molecule has 0 unspecified atom stereocenters. The van der Waals surface area contributed by atoms with Gasteiger partial charge in [0.05, 0.1) is 0 Å². The van der Waals surface area contributed by atoms with Crippen LogP contribution in [0, 0.1) is 11.8 Å². The minimum absolute atomic E-state index is 0.0657. The minimum Gasteiger partial charge on any atom is -0.356 e. The van der Waals surface area contributed by atoms with Gasteiger partial charge in [-0.25, -0.2) is 5.14 Å². The molecular formula is C11H21N3O3S. The summed E-state index contributed by atoms with van der Waals surface area (Å²) in [5, 5.41) is 8.02. The number of carbonyl (C=O) groups is 1. The Morgan fingerprint density at radius 2 is 1.83 bits per heavy atom. The summed E-state index contributed by atoms with van der Waals surface area (Å²) in [6, 6.07) is 0. The standard InChI is InChI=1S/C11H21N3O3S/c12-18(16,17)14-6-4-10(5-7-14)11(15)13-8-9-2-1-3-9/h9-10H,1-8H2,(H,13,15)(H2,12,16,17). The zero-order chi connectivity index (χ0) is 13.2. The maximum absolute atomic E-state index is 11.9. The van der Waals surface area contributed by atoms with Crippen LogP contribution in [0.2, 0.25) is 0 Å². The molecule has 1 aliphatic heterocycles. The van der Waals surface area contributed by atoms with Gasteiger partial charge >= 0.3 is 0 Å². The molecule has 0 radical (unpaired) electrons. The van der Waals surface area contributed by atoms with Crippen molar-refractivity contribution in [3.05, 3.63) is 0 Å². The van der Waals surface area contributed by atoms with Crippen LogP contribution in [0.3, 0.4) is 0 Å². The molecule has 0 bridgehead atoms. The van der Waals surface area contributed by atoms with Gasteiger partial charge in [-0.3, -0.25) is 4.79 Å². The molecule has 1 saturated carbocycles. The first-order chi connectivity index (χ1) is 8.47. The molecule has 3 N–H and O–H groups in total. The molecule has 2 fully saturated rings. The predicted molar refractivity (Wildman–Crippen MR) is 67.8 cm³/mol. The number of piperidine rings is 1. The van der Waals surface area contributed by atoms with Gasteiger partial charge in [0, 0.05) is 25.6 Å². The lowest BCUT2D eigenvalue weighted by molar-refractivity contribution is -0.126. The zero-order valence-corrected chi connectivity index (χ0v) is 11.3. The first-order valence-corrected chi connectivity index (χ1v) is 8.02. The van der Waals surface area contributed by atoms with Crippen molar-refractivity contribution in [2.75, 3.05) is 19.6 Å². The summed E-state index contributed by atoms with van der Waals surface area (Å²) < 4.78 is 23.5. The van der Waals surface area contributed by atoms with Gasteiger partial charge in [-0.15, -0.1) is 0 Å². The second-order valence-electron chi connectivity index (χ2n) is 5.26. The molecule has 2 rings (SSSR count). The number of nitrogens with one attached hydrogen (secondary N) is 1. The highest BCUT2D eigenvalue weighted by Gasteiger charge is 2.29. The molecule has 2 aliphatic rings. The summed E-state index contributed by atoms with van der Waals surface area (Å²) in [7, 11) is -3.59. The first-order valence-electron chi connectivity index (χ1n) is 6.52. The van der Waals surface area contributed by atoms with E-state index in [9.17, 15) is 13.2 Å². The molecule has 0 aromatic heterocycles. The summed E-state index contributed by atoms with van der Waals surface area (Å²) in [6.45, 7) is 1.47. The zero-order valence-electron chi connectivity index (χ0n) is 10.5. The van der Waals surface area contributed by atoms with E-state index in [0.717, 1.165) is 6.54 Å². The summed E-state index contributed by atoms with van der Waals surface area (Å²) >= 11 is 0. The van der Waals surface area contributed by atoms with Crippen molar-refractivity contribution in [3.63, 3.8) is 0 Å². The van der Waals surface area contributed by atoms with E-state index in [0.29, 0.717) is 31.8 Å². The molecule has 0 atom stereocenters. The fourth-order valence-corrected chi connectivity index (χ4v) is 3.18. The molecule has 18 heavy (non-hydrogen) atoms. The highest BCUT2D eigenvalue weighted by Crippen LogP contribution is 2.25. The van der Waals surface area contributed by atoms with Crippen LogP contribution in [0.15, 0.2) is 0 Å². The minimum atomic E-state index is -3.59. The van der Waals surface area contributed by atoms with Crippen LogP contribution >= 0.6 is 0 Å². The van der Waals surface area contributed by atoms with E-state index >= 15 is 0 Å². The average Bonchev–Trinajstić information content (AvgIpc) is 2.26. The van der Waals surface area contributed by atoms with Crippen LogP contribution in [0.1, 0.15) is 32.1 Å². The van der Waals surface area contributed by atoms with Crippen molar-refractivity contribution in [1.29, 1.82) is 0 Å². The molecule has 1 aliphatic carbocycles. The van der Waals surface area contributed by atoms with Crippen molar-refractivity contribution in [2.24, 2.45) is 17.0 Å². The topological polar surface area (TPSA) is 92.5 Å². The predicted octanol–water partition coefficient (Wildman–Crippen LogP) is -0.182. The van der Waals surface area contributed by atoms with Gasteiger partial charge in [0.15, 0.2) is 0 Å². The SMILES string of the molecule is NS(=O)(=O)N1CCC(C(=O)NCC2CCC2)CC1. The molecule has 1 heterocycles. The van der Waals surface area contributed by atoms with Gasteiger partial charge in [0.2, 0.25) is 5.91 Å². The van der Waals surface area contributed by atoms with E-state index in [1.54, 1.807) is 0 Å². The van der Waals surface area contributed by atoms with Crippen molar-refractivity contribution < 1.29 is 13.2 Å². The van der Waals surface area contributed by atoms with Gasteiger partial charge in [-0.1, -0.05) is 6.42 Å². The quantitative estimate of drug-likeness (QED) is 0.745. The lowest BCUT2D eigenvalue weighted by Crippen LogP contribution is -2.46. The van der Waals surface area contributed by atoms with Crippen LogP contribution in [-0.2, 0) is 15.0 Å². The summed E-state index contributed by atoms with van der Waals surface area (Å²) in [5.74, 6) is 0.650. The molecule has 0 aromatic rings. The molecule has 7 heteroatoms. The Morgan fingerprint density at radius 3 is 2.28 bits per heavy atom. The number of rotatable bonds is 4. The number of nitrogens with two attached hydrogens (primary N) is 1. The summed E-state index contributed by atoms with van der Waals surface area (Å²) in [6.07, 6.45) is 4.82. The molecule has 1 amide bonds. The van der Waals surface area contributed by atoms with E-state index in [1.165, 1.54) is 23.6 Å². The largest absolute Gasteiger partial charge is 0.356 e. The fourth-order valence-electron chi connectivity index (χ4n) is 2.46. The first kappa shape index (κ1) is 13.8. The van der Waals surface area contributed by atoms with Crippen molar-refractivity contribution >= 4 is 16.1 Å². The Balaban J connectivity index is 1.73. The Hall–Kier alpha value is -0.660. The van der Waals surface area contributed by atoms with Gasteiger partial charge < -0.3 is 5.32 Å². The summed E-state index contributed by atoms with van der Waals surface area (Å²) in [5.41, 5.74) is 0. The van der Waals surface area contributed by atoms with E-state index in [4.69, 9.17) is 5.14 Å². The number of hydrogen-bond acceptors (Lipinski definition) is 3. The van der Waals surface area contributed by atoms with E-state index < -0.39 is 10.2 Å². The smallest absolute Gasteiger partial charge is 0.276 e. The highest BCUT2D eigenvalue weighted by molar-refractivity contribution is 7.86. The van der Waals surface area contributed by atoms with Crippen LogP contribution in [0.25, 0.3) is 0 Å². The van der Waals surface area contributed by atoms with E-state index in [-0.39, 0.29) is 11.8 Å². The molecule has 0 aromatic carbocycles. The maximum Gasteiger partial charge on any atom is 0.276 e. The van der Waals surface area contributed by atoms with E-state index in [2.05, 4.69) is 5.32 Å². The number of amides is 1. The van der Waals surface area contributed by atoms with Crippen LogP contribution in [0.5, 0.6) is 0 Å². The third-order valence-corrected chi connectivity index (χ3v) is 5.06. The molecule has 1 saturated heterocycles. The Labute approximate surface area is 108 Å². The monoisotopic (exact) mass is 275 g/mol. The van der Waals surface area contributed by atoms with Crippen molar-refractivity contribution in [1.82, 2.24) is 9.62 Å². The second kappa shape index (κ2) is 5.54. The molecule has 0 spiro atoms. The highest BCUT2D eigenvalue weighted by atomic mass is 32.2. The molecule has 104 valence electrons.